The van der Waals surface area contributed by atoms with Gasteiger partial charge in [-0.05, 0) is 6.07 Å². The lowest BCUT2D eigenvalue weighted by atomic mass is 10.1. The van der Waals surface area contributed by atoms with Crippen LogP contribution in [0.25, 0.3) is 0 Å². The Labute approximate surface area is 90.2 Å². The van der Waals surface area contributed by atoms with Crippen LogP contribution in [-0.2, 0) is 0 Å². The lowest BCUT2D eigenvalue weighted by molar-refractivity contribution is -0.385. The number of benzene rings is 1. The molecule has 0 spiro atoms. The number of hydrogen-bond donors (Lipinski definition) is 1. The number of nitriles is 1. The predicted molar refractivity (Wildman–Crippen MR) is 52.9 cm³/mol. The quantitative estimate of drug-likeness (QED) is 0.591. The molecule has 0 bridgehead atoms. The van der Waals surface area contributed by atoms with Gasteiger partial charge in [0.15, 0.2) is 5.56 Å². The summed E-state index contributed by atoms with van der Waals surface area (Å²) in [6.45, 7) is 0. The lowest BCUT2D eigenvalue weighted by Gasteiger charge is -2.06. The largest absolute Gasteiger partial charge is 0.496 e. The van der Waals surface area contributed by atoms with E-state index in [2.05, 4.69) is 0 Å². The number of carbonyl (C=O) groups is 1. The second-order valence-corrected chi connectivity index (χ2v) is 2.81. The smallest absolute Gasteiger partial charge is 0.287 e. The molecule has 0 saturated carbocycles. The Morgan fingerprint density at radius 2 is 2.25 bits per heavy atom. The Morgan fingerprint density at radius 3 is 2.62 bits per heavy atom. The number of ether oxygens (including phenoxy) is 1. The summed E-state index contributed by atoms with van der Waals surface area (Å²) < 4.78 is 4.78. The number of methoxy groups -OCH3 is 1. The highest BCUT2D eigenvalue weighted by Gasteiger charge is 2.24. The summed E-state index contributed by atoms with van der Waals surface area (Å²) >= 11 is 0. The van der Waals surface area contributed by atoms with Crippen LogP contribution in [0.4, 0.5) is 5.69 Å². The van der Waals surface area contributed by atoms with Crippen molar-refractivity contribution in [3.05, 3.63) is 33.4 Å². The van der Waals surface area contributed by atoms with Crippen LogP contribution in [0.2, 0.25) is 0 Å². The molecule has 0 fully saturated rings. The van der Waals surface area contributed by atoms with Crippen molar-refractivity contribution < 1.29 is 14.5 Å². The topological polar surface area (TPSA) is 119 Å². The normalized spacial score (nSPS) is 9.25. The number of nitrogens with two attached hydrogens (primary N) is 1. The number of nitro benzene ring substituents is 1. The summed E-state index contributed by atoms with van der Waals surface area (Å²) in [7, 11) is 1.23. The van der Waals surface area contributed by atoms with Gasteiger partial charge in [0.25, 0.3) is 11.6 Å². The molecule has 0 radical (unpaired) electrons. The SMILES string of the molecule is COc1cc(C#N)cc([N+](=O)[O-])c1C(N)=O. The van der Waals surface area contributed by atoms with Gasteiger partial charge in [-0.25, -0.2) is 0 Å². The summed E-state index contributed by atoms with van der Waals surface area (Å²) in [4.78, 5) is 21.0. The van der Waals surface area contributed by atoms with Gasteiger partial charge in [-0.1, -0.05) is 0 Å². The van der Waals surface area contributed by atoms with Crippen molar-refractivity contribution in [2.75, 3.05) is 7.11 Å². The number of carbonyl (C=O) groups excluding carboxylic acids is 1. The zero-order valence-corrected chi connectivity index (χ0v) is 8.26. The third-order valence-corrected chi connectivity index (χ3v) is 1.87. The van der Waals surface area contributed by atoms with Crippen molar-refractivity contribution in [2.45, 2.75) is 0 Å². The number of nitrogens with zero attached hydrogens (tertiary/aromatic N) is 2. The molecule has 0 aliphatic carbocycles. The van der Waals surface area contributed by atoms with Crippen LogP contribution in [0.3, 0.4) is 0 Å². The van der Waals surface area contributed by atoms with Crippen LogP contribution in [-0.4, -0.2) is 17.9 Å². The van der Waals surface area contributed by atoms with E-state index in [1.165, 1.54) is 13.2 Å². The highest BCUT2D eigenvalue weighted by atomic mass is 16.6. The summed E-state index contributed by atoms with van der Waals surface area (Å²) in [5, 5.41) is 19.3. The van der Waals surface area contributed by atoms with Gasteiger partial charge >= 0.3 is 0 Å². The lowest BCUT2D eigenvalue weighted by Crippen LogP contribution is -2.15. The molecular formula is C9H7N3O4. The van der Waals surface area contributed by atoms with Gasteiger partial charge in [0, 0.05) is 6.07 Å². The van der Waals surface area contributed by atoms with Crippen molar-refractivity contribution in [1.29, 1.82) is 5.26 Å². The zero-order valence-electron chi connectivity index (χ0n) is 8.26. The number of primary amides is 1. The van der Waals surface area contributed by atoms with E-state index in [0.717, 1.165) is 6.07 Å². The first kappa shape index (κ1) is 11.5. The predicted octanol–water partition coefficient (Wildman–Crippen LogP) is 0.574. The van der Waals surface area contributed by atoms with Gasteiger partial charge in [-0.2, -0.15) is 5.26 Å². The van der Waals surface area contributed by atoms with Crippen LogP contribution >= 0.6 is 0 Å². The van der Waals surface area contributed by atoms with Gasteiger partial charge in [0.2, 0.25) is 0 Å². The maximum absolute atomic E-state index is 11.1. The second-order valence-electron chi connectivity index (χ2n) is 2.81. The molecule has 0 atom stereocenters. The van der Waals surface area contributed by atoms with Crippen molar-refractivity contribution in [3.8, 4) is 11.8 Å². The van der Waals surface area contributed by atoms with Crippen LogP contribution in [0.5, 0.6) is 5.75 Å². The molecule has 1 amide bonds. The number of rotatable bonds is 3. The summed E-state index contributed by atoms with van der Waals surface area (Å²) in [6, 6.07) is 3.92. The van der Waals surface area contributed by atoms with Gasteiger partial charge in [-0.15, -0.1) is 0 Å². The van der Waals surface area contributed by atoms with Crippen molar-refractivity contribution in [2.24, 2.45) is 5.73 Å². The molecular weight excluding hydrogens is 214 g/mol. The fraction of sp³-hybridized carbons (Fsp3) is 0.111. The number of amides is 1. The monoisotopic (exact) mass is 221 g/mol. The third kappa shape index (κ3) is 1.90. The van der Waals surface area contributed by atoms with Crippen molar-refractivity contribution in [3.63, 3.8) is 0 Å². The fourth-order valence-corrected chi connectivity index (χ4v) is 1.22. The molecule has 7 nitrogen and oxygen atoms in total. The highest BCUT2D eigenvalue weighted by Crippen LogP contribution is 2.29. The van der Waals surface area contributed by atoms with Gasteiger partial charge in [0.1, 0.15) is 5.75 Å². The standard InChI is InChI=1S/C9H7N3O4/c1-16-7-3-5(4-10)2-6(12(14)15)8(7)9(11)13/h2-3H,1H3,(H2,11,13). The average Bonchev–Trinajstić information content (AvgIpc) is 2.26. The molecule has 2 N–H and O–H groups in total. The molecule has 0 aromatic heterocycles. The number of hydrogen-bond acceptors (Lipinski definition) is 5. The Kier molecular flexibility index (Phi) is 3.06. The van der Waals surface area contributed by atoms with E-state index >= 15 is 0 Å². The second kappa shape index (κ2) is 4.27. The van der Waals surface area contributed by atoms with Gasteiger partial charge in [-0.3, -0.25) is 14.9 Å². The highest BCUT2D eigenvalue weighted by molar-refractivity contribution is 6.00. The molecule has 7 heteroatoms. The van der Waals surface area contributed by atoms with Crippen LogP contribution in [0, 0.1) is 21.4 Å². The molecule has 16 heavy (non-hydrogen) atoms. The molecule has 82 valence electrons. The summed E-state index contributed by atoms with van der Waals surface area (Å²) in [5.74, 6) is -1.06. The minimum absolute atomic E-state index is 0.0218. The van der Waals surface area contributed by atoms with Crippen molar-refractivity contribution >= 4 is 11.6 Å². The molecule has 0 aliphatic rings. The minimum Gasteiger partial charge on any atom is -0.496 e. The molecule has 0 aliphatic heterocycles. The van der Waals surface area contributed by atoms with E-state index in [1.807, 2.05) is 0 Å². The maximum Gasteiger partial charge on any atom is 0.287 e. The van der Waals surface area contributed by atoms with E-state index < -0.39 is 16.5 Å². The Morgan fingerprint density at radius 1 is 1.62 bits per heavy atom. The molecule has 1 rings (SSSR count). The fourth-order valence-electron chi connectivity index (χ4n) is 1.22. The van der Waals surface area contributed by atoms with E-state index in [1.54, 1.807) is 6.07 Å². The maximum atomic E-state index is 11.1. The van der Waals surface area contributed by atoms with Crippen LogP contribution in [0.1, 0.15) is 15.9 Å². The van der Waals surface area contributed by atoms with Crippen LogP contribution in [0.15, 0.2) is 12.1 Å². The van der Waals surface area contributed by atoms with E-state index in [-0.39, 0.29) is 16.9 Å². The van der Waals surface area contributed by atoms with E-state index in [9.17, 15) is 14.9 Å². The first-order valence-electron chi connectivity index (χ1n) is 4.07. The summed E-state index contributed by atoms with van der Waals surface area (Å²) in [5.41, 5.74) is 4.16. The van der Waals surface area contributed by atoms with E-state index in [0.29, 0.717) is 0 Å². The first-order valence-corrected chi connectivity index (χ1v) is 4.07. The van der Waals surface area contributed by atoms with Gasteiger partial charge < -0.3 is 10.5 Å². The average molecular weight is 221 g/mol. The first-order chi connectivity index (χ1) is 7.51. The third-order valence-electron chi connectivity index (χ3n) is 1.87. The molecule has 0 saturated heterocycles. The van der Waals surface area contributed by atoms with Crippen molar-refractivity contribution in [1.82, 2.24) is 0 Å². The number of nitro groups is 1. The van der Waals surface area contributed by atoms with Crippen LogP contribution < -0.4 is 10.5 Å². The van der Waals surface area contributed by atoms with E-state index in [4.69, 9.17) is 15.7 Å². The molecule has 0 heterocycles. The molecule has 0 unspecified atom stereocenters. The molecule has 1 aromatic rings. The summed E-state index contributed by atoms with van der Waals surface area (Å²) in [6.07, 6.45) is 0. The Bertz CT molecular complexity index is 504. The Balaban J connectivity index is 3.62. The minimum atomic E-state index is -0.979. The Hall–Kier alpha value is -2.62. The molecule has 1 aromatic carbocycles. The zero-order chi connectivity index (χ0) is 12.3. The van der Waals surface area contributed by atoms with Gasteiger partial charge in [0.05, 0.1) is 23.7 Å².